The van der Waals surface area contributed by atoms with Gasteiger partial charge in [-0.15, -0.1) is 0 Å². The SMILES string of the molecule is CCC1c2c(C(=O)C(=O)O)cccc2C(=O)N1C1CCCC1. The predicted octanol–water partition coefficient (Wildman–Crippen LogP) is 2.80. The van der Waals surface area contributed by atoms with E-state index in [1.165, 1.54) is 6.07 Å². The Bertz CT molecular complexity index is 646. The van der Waals surface area contributed by atoms with E-state index in [0.717, 1.165) is 25.7 Å². The Balaban J connectivity index is 2.09. The van der Waals surface area contributed by atoms with Crippen LogP contribution in [0.4, 0.5) is 0 Å². The Morgan fingerprint density at radius 1 is 1.27 bits per heavy atom. The zero-order valence-corrected chi connectivity index (χ0v) is 12.5. The Morgan fingerprint density at radius 3 is 2.55 bits per heavy atom. The van der Waals surface area contributed by atoms with Gasteiger partial charge < -0.3 is 10.0 Å². The highest BCUT2D eigenvalue weighted by molar-refractivity contribution is 6.40. The van der Waals surface area contributed by atoms with Crippen LogP contribution in [-0.2, 0) is 4.79 Å². The minimum absolute atomic E-state index is 0.0613. The highest BCUT2D eigenvalue weighted by atomic mass is 16.4. The van der Waals surface area contributed by atoms with E-state index >= 15 is 0 Å². The normalized spacial score (nSPS) is 21.2. The molecule has 1 amide bonds. The molecule has 0 radical (unpaired) electrons. The summed E-state index contributed by atoms with van der Waals surface area (Å²) in [5.74, 6) is -2.47. The molecule has 1 atom stereocenters. The summed E-state index contributed by atoms with van der Waals surface area (Å²) in [5.41, 5.74) is 1.26. The number of carbonyl (C=O) groups excluding carboxylic acids is 2. The highest BCUT2D eigenvalue weighted by Crippen LogP contribution is 2.42. The van der Waals surface area contributed by atoms with E-state index in [0.29, 0.717) is 17.5 Å². The van der Waals surface area contributed by atoms with E-state index in [2.05, 4.69) is 0 Å². The van der Waals surface area contributed by atoms with Gasteiger partial charge in [-0.25, -0.2) is 4.79 Å². The number of aliphatic carboxylic acids is 1. The molecule has 3 rings (SSSR count). The second-order valence-electron chi connectivity index (χ2n) is 5.98. The number of Topliss-reactive ketones (excluding diaryl/α,β-unsaturated/α-hetero) is 1. The van der Waals surface area contributed by atoms with E-state index < -0.39 is 11.8 Å². The lowest BCUT2D eigenvalue weighted by Gasteiger charge is -2.30. The second kappa shape index (κ2) is 5.55. The molecule has 5 heteroatoms. The quantitative estimate of drug-likeness (QED) is 0.685. The lowest BCUT2D eigenvalue weighted by atomic mass is 9.94. The van der Waals surface area contributed by atoms with Gasteiger partial charge in [-0.2, -0.15) is 0 Å². The number of carboxylic acids is 1. The highest BCUT2D eigenvalue weighted by Gasteiger charge is 2.42. The van der Waals surface area contributed by atoms with Crippen molar-refractivity contribution < 1.29 is 19.5 Å². The monoisotopic (exact) mass is 301 g/mol. The minimum atomic E-state index is -1.48. The predicted molar refractivity (Wildman–Crippen MR) is 79.9 cm³/mol. The van der Waals surface area contributed by atoms with Crippen molar-refractivity contribution >= 4 is 17.7 Å². The molecule has 1 fully saturated rings. The van der Waals surface area contributed by atoms with Crippen LogP contribution in [-0.4, -0.2) is 33.7 Å². The zero-order valence-electron chi connectivity index (χ0n) is 12.5. The van der Waals surface area contributed by atoms with Crippen LogP contribution in [0.5, 0.6) is 0 Å². The standard InChI is InChI=1S/C17H19NO4/c1-2-13-14-11(15(19)17(21)22)8-5-9-12(14)16(20)18(13)10-6-3-4-7-10/h5,8-10,13H,2-4,6-7H2,1H3,(H,21,22). The van der Waals surface area contributed by atoms with Crippen LogP contribution in [0.1, 0.15) is 71.3 Å². The maximum Gasteiger partial charge on any atom is 0.377 e. The zero-order chi connectivity index (χ0) is 15.9. The van der Waals surface area contributed by atoms with Crippen LogP contribution < -0.4 is 0 Å². The summed E-state index contributed by atoms with van der Waals surface area (Å²) < 4.78 is 0. The molecule has 0 bridgehead atoms. The summed E-state index contributed by atoms with van der Waals surface area (Å²) in [6.07, 6.45) is 4.88. The molecule has 1 N–H and O–H groups in total. The molecule has 2 aliphatic rings. The van der Waals surface area contributed by atoms with Crippen molar-refractivity contribution in [2.45, 2.75) is 51.1 Å². The Hall–Kier alpha value is -2.17. The first-order valence-corrected chi connectivity index (χ1v) is 7.79. The molecule has 0 saturated heterocycles. The van der Waals surface area contributed by atoms with Crippen LogP contribution >= 0.6 is 0 Å². The number of amides is 1. The third-order valence-corrected chi connectivity index (χ3v) is 4.78. The van der Waals surface area contributed by atoms with Crippen LogP contribution in [0.15, 0.2) is 18.2 Å². The summed E-state index contributed by atoms with van der Waals surface area (Å²) in [6.45, 7) is 1.97. The molecule has 1 unspecified atom stereocenters. The second-order valence-corrected chi connectivity index (χ2v) is 5.98. The summed E-state index contributed by atoms with van der Waals surface area (Å²) >= 11 is 0. The summed E-state index contributed by atoms with van der Waals surface area (Å²) in [4.78, 5) is 37.7. The lowest BCUT2D eigenvalue weighted by Crippen LogP contribution is -2.36. The Morgan fingerprint density at radius 2 is 1.95 bits per heavy atom. The number of carbonyl (C=O) groups is 3. The maximum atomic E-state index is 12.8. The van der Waals surface area contributed by atoms with E-state index in [-0.39, 0.29) is 23.6 Å². The first kappa shape index (κ1) is 14.8. The van der Waals surface area contributed by atoms with Crippen molar-refractivity contribution in [1.82, 2.24) is 4.90 Å². The van der Waals surface area contributed by atoms with Gasteiger partial charge in [0.2, 0.25) is 0 Å². The fourth-order valence-electron chi connectivity index (χ4n) is 3.85. The molecule has 0 spiro atoms. The number of hydrogen-bond donors (Lipinski definition) is 1. The van der Waals surface area contributed by atoms with Gasteiger partial charge in [-0.3, -0.25) is 9.59 Å². The van der Waals surface area contributed by atoms with Crippen molar-refractivity contribution in [1.29, 1.82) is 0 Å². The van der Waals surface area contributed by atoms with Crippen molar-refractivity contribution in [2.24, 2.45) is 0 Å². The molecule has 1 aromatic rings. The molecule has 116 valence electrons. The fourth-order valence-corrected chi connectivity index (χ4v) is 3.85. The number of carboxylic acid groups (broad SMARTS) is 1. The van der Waals surface area contributed by atoms with Gasteiger partial charge in [0.05, 0.1) is 6.04 Å². The third kappa shape index (κ3) is 2.12. The number of fused-ring (bicyclic) bond motifs is 1. The Kier molecular flexibility index (Phi) is 3.72. The molecular weight excluding hydrogens is 282 g/mol. The molecule has 1 saturated carbocycles. The van der Waals surface area contributed by atoms with Crippen LogP contribution in [0.3, 0.4) is 0 Å². The van der Waals surface area contributed by atoms with Crippen LogP contribution in [0, 0.1) is 0 Å². The number of benzene rings is 1. The van der Waals surface area contributed by atoms with Crippen molar-refractivity contribution in [3.8, 4) is 0 Å². The number of ketones is 1. The average Bonchev–Trinajstić information content (AvgIpc) is 3.12. The number of nitrogens with zero attached hydrogens (tertiary/aromatic N) is 1. The molecular formula is C17H19NO4. The summed E-state index contributed by atoms with van der Waals surface area (Å²) in [6, 6.07) is 4.83. The fraction of sp³-hybridized carbons (Fsp3) is 0.471. The molecule has 1 aliphatic heterocycles. The summed E-state index contributed by atoms with van der Waals surface area (Å²) in [7, 11) is 0. The lowest BCUT2D eigenvalue weighted by molar-refractivity contribution is -0.131. The minimum Gasteiger partial charge on any atom is -0.475 e. The van der Waals surface area contributed by atoms with Crippen LogP contribution in [0.2, 0.25) is 0 Å². The van der Waals surface area contributed by atoms with Gasteiger partial charge in [0.15, 0.2) is 0 Å². The Labute approximate surface area is 128 Å². The third-order valence-electron chi connectivity index (χ3n) is 4.78. The van der Waals surface area contributed by atoms with Gasteiger partial charge in [0.1, 0.15) is 0 Å². The van der Waals surface area contributed by atoms with Gasteiger partial charge in [0.25, 0.3) is 11.7 Å². The van der Waals surface area contributed by atoms with E-state index in [9.17, 15) is 14.4 Å². The van der Waals surface area contributed by atoms with E-state index in [1.807, 2.05) is 11.8 Å². The first-order chi connectivity index (χ1) is 10.6. The van der Waals surface area contributed by atoms with Gasteiger partial charge in [-0.05, 0) is 30.9 Å². The largest absolute Gasteiger partial charge is 0.475 e. The first-order valence-electron chi connectivity index (χ1n) is 7.79. The number of hydrogen-bond acceptors (Lipinski definition) is 3. The van der Waals surface area contributed by atoms with E-state index in [4.69, 9.17) is 5.11 Å². The van der Waals surface area contributed by atoms with Crippen LogP contribution in [0.25, 0.3) is 0 Å². The van der Waals surface area contributed by atoms with E-state index in [1.54, 1.807) is 12.1 Å². The van der Waals surface area contributed by atoms with Gasteiger partial charge in [-0.1, -0.05) is 31.9 Å². The molecule has 1 heterocycles. The van der Waals surface area contributed by atoms with Gasteiger partial charge in [0, 0.05) is 17.2 Å². The van der Waals surface area contributed by atoms with Gasteiger partial charge >= 0.3 is 5.97 Å². The average molecular weight is 301 g/mol. The molecule has 22 heavy (non-hydrogen) atoms. The molecule has 1 aliphatic carbocycles. The maximum absolute atomic E-state index is 12.8. The molecule has 1 aromatic carbocycles. The summed E-state index contributed by atoms with van der Waals surface area (Å²) in [5, 5.41) is 9.02. The van der Waals surface area contributed by atoms with Crippen molar-refractivity contribution in [3.63, 3.8) is 0 Å². The van der Waals surface area contributed by atoms with Crippen molar-refractivity contribution in [2.75, 3.05) is 0 Å². The van der Waals surface area contributed by atoms with Crippen molar-refractivity contribution in [3.05, 3.63) is 34.9 Å². The topological polar surface area (TPSA) is 74.7 Å². The molecule has 5 nitrogen and oxygen atoms in total. The number of rotatable bonds is 4. The smallest absolute Gasteiger partial charge is 0.377 e. The molecule has 0 aromatic heterocycles.